The lowest BCUT2D eigenvalue weighted by molar-refractivity contribution is -0.145. The molecule has 0 aromatic heterocycles. The summed E-state index contributed by atoms with van der Waals surface area (Å²) in [6, 6.07) is 0. The number of hydrogen-bond donors (Lipinski definition) is 0. The maximum atomic E-state index is 10.4. The van der Waals surface area contributed by atoms with E-state index in [-0.39, 0.29) is 5.97 Å². The minimum Gasteiger partial charge on any atom is -0.349 e. The Hall–Kier alpha value is -1.06. The van der Waals surface area contributed by atoms with E-state index >= 15 is 0 Å². The van der Waals surface area contributed by atoms with Gasteiger partial charge in [0.15, 0.2) is 0 Å². The third-order valence-electron chi connectivity index (χ3n) is 1.20. The molecular formula is C5H8N2O2. The highest BCUT2D eigenvalue weighted by molar-refractivity contribution is 5.86. The normalized spacial score (nSPS) is 19.1. The molecule has 0 bridgehead atoms. The van der Waals surface area contributed by atoms with Crippen molar-refractivity contribution in [1.29, 1.82) is 0 Å². The predicted molar refractivity (Wildman–Crippen MR) is 31.8 cm³/mol. The van der Waals surface area contributed by atoms with Crippen molar-refractivity contribution in [3.8, 4) is 0 Å². The van der Waals surface area contributed by atoms with E-state index in [9.17, 15) is 4.79 Å². The van der Waals surface area contributed by atoms with Gasteiger partial charge in [0.1, 0.15) is 12.4 Å². The zero-order chi connectivity index (χ0) is 6.85. The zero-order valence-corrected chi connectivity index (χ0v) is 5.42. The third-order valence-corrected chi connectivity index (χ3v) is 1.20. The van der Waals surface area contributed by atoms with Crippen molar-refractivity contribution in [1.82, 2.24) is 4.90 Å². The smallest absolute Gasteiger partial charge is 0.349 e. The molecular weight excluding hydrogens is 120 g/mol. The Morgan fingerprint density at radius 2 is 2.44 bits per heavy atom. The summed E-state index contributed by atoms with van der Waals surface area (Å²) in [4.78, 5) is 16.5. The van der Waals surface area contributed by atoms with Crippen molar-refractivity contribution in [2.45, 2.75) is 6.92 Å². The fourth-order valence-corrected chi connectivity index (χ4v) is 0.524. The van der Waals surface area contributed by atoms with E-state index in [0.717, 1.165) is 5.84 Å². The van der Waals surface area contributed by atoms with E-state index in [4.69, 9.17) is 0 Å². The van der Waals surface area contributed by atoms with E-state index < -0.39 is 0 Å². The van der Waals surface area contributed by atoms with Gasteiger partial charge in [-0.3, -0.25) is 0 Å². The SMILES string of the molecule is CC1=NOC(=O)CN1C. The summed E-state index contributed by atoms with van der Waals surface area (Å²) < 4.78 is 0. The van der Waals surface area contributed by atoms with Gasteiger partial charge in [0.05, 0.1) is 0 Å². The number of amidine groups is 1. The Morgan fingerprint density at radius 1 is 1.78 bits per heavy atom. The average molecular weight is 128 g/mol. The van der Waals surface area contributed by atoms with Crippen molar-refractivity contribution in [3.63, 3.8) is 0 Å². The van der Waals surface area contributed by atoms with E-state index in [1.807, 2.05) is 0 Å². The Balaban J connectivity index is 2.67. The zero-order valence-electron chi connectivity index (χ0n) is 5.42. The number of oxime groups is 1. The van der Waals surface area contributed by atoms with Gasteiger partial charge >= 0.3 is 5.97 Å². The van der Waals surface area contributed by atoms with Gasteiger partial charge in [-0.25, -0.2) is 4.79 Å². The highest BCUT2D eigenvalue weighted by atomic mass is 16.7. The van der Waals surface area contributed by atoms with Crippen LogP contribution in [0.3, 0.4) is 0 Å². The quantitative estimate of drug-likeness (QED) is 0.424. The third kappa shape index (κ3) is 1.19. The second-order valence-electron chi connectivity index (χ2n) is 1.96. The fraction of sp³-hybridized carbons (Fsp3) is 0.600. The summed E-state index contributed by atoms with van der Waals surface area (Å²) in [5, 5.41) is 3.48. The molecule has 1 aliphatic heterocycles. The molecule has 1 heterocycles. The van der Waals surface area contributed by atoms with Gasteiger partial charge in [0, 0.05) is 7.05 Å². The molecule has 0 spiro atoms. The first kappa shape index (κ1) is 6.07. The number of carbonyl (C=O) groups is 1. The van der Waals surface area contributed by atoms with Crippen LogP contribution in [0.2, 0.25) is 0 Å². The molecule has 1 aliphatic rings. The lowest BCUT2D eigenvalue weighted by atomic mass is 10.5. The topological polar surface area (TPSA) is 41.9 Å². The van der Waals surface area contributed by atoms with Crippen LogP contribution in [-0.2, 0) is 9.63 Å². The van der Waals surface area contributed by atoms with Gasteiger partial charge in [-0.1, -0.05) is 5.16 Å². The van der Waals surface area contributed by atoms with Crippen LogP contribution >= 0.6 is 0 Å². The number of nitrogens with zero attached hydrogens (tertiary/aromatic N) is 2. The van der Waals surface area contributed by atoms with Crippen LogP contribution in [-0.4, -0.2) is 30.3 Å². The molecule has 0 unspecified atom stereocenters. The maximum absolute atomic E-state index is 10.4. The molecule has 0 N–H and O–H groups in total. The van der Waals surface area contributed by atoms with Gasteiger partial charge in [-0.15, -0.1) is 0 Å². The molecule has 50 valence electrons. The molecule has 4 heteroatoms. The van der Waals surface area contributed by atoms with Gasteiger partial charge in [-0.05, 0) is 6.92 Å². The molecule has 1 rings (SSSR count). The number of carbonyl (C=O) groups excluding carboxylic acids is 1. The highest BCUT2D eigenvalue weighted by Gasteiger charge is 2.14. The van der Waals surface area contributed by atoms with E-state index in [0.29, 0.717) is 6.54 Å². The minimum atomic E-state index is -0.303. The van der Waals surface area contributed by atoms with Gasteiger partial charge in [0.2, 0.25) is 0 Å². The standard InChI is InChI=1S/C5H8N2O2/c1-4-6-9-5(8)3-7(4)2/h3H2,1-2H3. The lowest BCUT2D eigenvalue weighted by Gasteiger charge is -2.19. The van der Waals surface area contributed by atoms with Gasteiger partial charge in [-0.2, -0.15) is 0 Å². The molecule has 0 fully saturated rings. The van der Waals surface area contributed by atoms with Gasteiger partial charge in [0.25, 0.3) is 0 Å². The van der Waals surface area contributed by atoms with Crippen LogP contribution in [0.15, 0.2) is 5.16 Å². The van der Waals surface area contributed by atoms with Gasteiger partial charge < -0.3 is 9.74 Å². The summed E-state index contributed by atoms with van der Waals surface area (Å²) in [5.41, 5.74) is 0. The van der Waals surface area contributed by atoms with Crippen molar-refractivity contribution in [3.05, 3.63) is 0 Å². The lowest BCUT2D eigenvalue weighted by Crippen LogP contribution is -2.35. The second kappa shape index (κ2) is 2.05. The predicted octanol–water partition coefficient (Wildman–Crippen LogP) is -0.192. The Morgan fingerprint density at radius 3 is 2.89 bits per heavy atom. The Kier molecular flexibility index (Phi) is 1.38. The summed E-state index contributed by atoms with van der Waals surface area (Å²) >= 11 is 0. The molecule has 0 aromatic carbocycles. The van der Waals surface area contributed by atoms with Crippen LogP contribution < -0.4 is 0 Å². The molecule has 0 aliphatic carbocycles. The van der Waals surface area contributed by atoms with Crippen molar-refractivity contribution >= 4 is 11.8 Å². The molecule has 0 atom stereocenters. The van der Waals surface area contributed by atoms with E-state index in [1.54, 1.807) is 18.9 Å². The largest absolute Gasteiger partial charge is 0.354 e. The molecule has 0 aromatic rings. The van der Waals surface area contributed by atoms with Crippen LogP contribution in [0.5, 0.6) is 0 Å². The van der Waals surface area contributed by atoms with E-state index in [2.05, 4.69) is 9.99 Å². The first-order valence-corrected chi connectivity index (χ1v) is 2.66. The summed E-state index contributed by atoms with van der Waals surface area (Å²) in [6.07, 6.45) is 0. The minimum absolute atomic E-state index is 0.301. The van der Waals surface area contributed by atoms with Crippen molar-refractivity contribution in [2.75, 3.05) is 13.6 Å². The molecule has 4 nitrogen and oxygen atoms in total. The summed E-state index contributed by atoms with van der Waals surface area (Å²) in [5.74, 6) is 0.428. The summed E-state index contributed by atoms with van der Waals surface area (Å²) in [7, 11) is 1.79. The fourth-order valence-electron chi connectivity index (χ4n) is 0.524. The average Bonchev–Trinajstić information content (AvgIpc) is 1.80. The number of rotatable bonds is 0. The molecule has 0 saturated carbocycles. The monoisotopic (exact) mass is 128 g/mol. The van der Waals surface area contributed by atoms with Crippen LogP contribution in [0.4, 0.5) is 0 Å². The van der Waals surface area contributed by atoms with E-state index in [1.165, 1.54) is 0 Å². The molecule has 0 amide bonds. The Bertz CT molecular complexity index is 164. The first-order valence-electron chi connectivity index (χ1n) is 2.66. The first-order chi connectivity index (χ1) is 4.20. The van der Waals surface area contributed by atoms with Crippen LogP contribution in [0.1, 0.15) is 6.92 Å². The number of likely N-dealkylation sites (N-methyl/N-ethyl adjacent to an activating group) is 1. The van der Waals surface area contributed by atoms with Crippen molar-refractivity contribution in [2.24, 2.45) is 5.16 Å². The molecule has 0 radical (unpaired) electrons. The number of hydrogen-bond acceptors (Lipinski definition) is 4. The molecule has 9 heavy (non-hydrogen) atoms. The second-order valence-corrected chi connectivity index (χ2v) is 1.96. The van der Waals surface area contributed by atoms with Crippen LogP contribution in [0.25, 0.3) is 0 Å². The highest BCUT2D eigenvalue weighted by Crippen LogP contribution is 1.96. The van der Waals surface area contributed by atoms with Crippen LogP contribution in [0, 0.1) is 0 Å². The maximum Gasteiger partial charge on any atom is 0.354 e. The Labute approximate surface area is 53.1 Å². The summed E-state index contributed by atoms with van der Waals surface area (Å²) in [6.45, 7) is 2.09. The van der Waals surface area contributed by atoms with Crippen molar-refractivity contribution < 1.29 is 9.63 Å². The molecule has 0 saturated heterocycles.